The molecule has 21 heavy (non-hydrogen) atoms. The molecule has 3 heteroatoms. The van der Waals surface area contributed by atoms with Crippen molar-refractivity contribution in [2.75, 3.05) is 0 Å². The predicted octanol–water partition coefficient (Wildman–Crippen LogP) is 4.54. The number of carbonyl (C=O) groups excluding carboxylic acids is 1. The molecule has 0 saturated carbocycles. The maximum Gasteiger partial charge on any atom is 0.314 e. The Morgan fingerprint density at radius 1 is 1.00 bits per heavy atom. The first kappa shape index (κ1) is 14.2. The Balaban J connectivity index is 2.01. The molecule has 2 nitrogen and oxygen atoms in total. The van der Waals surface area contributed by atoms with Crippen molar-refractivity contribution in [2.45, 2.75) is 31.3 Å². The van der Waals surface area contributed by atoms with Crippen LogP contribution in [0.15, 0.2) is 54.6 Å². The first-order valence-electron chi connectivity index (χ1n) is 7.16. The molecular weight excluding hydrogens is 284 g/mol. The number of cyclic esters (lactones) is 1. The van der Waals surface area contributed by atoms with Crippen LogP contribution in [0.2, 0.25) is 5.02 Å². The molecule has 3 rings (SSSR count). The fourth-order valence-electron chi connectivity index (χ4n) is 3.04. The quantitative estimate of drug-likeness (QED) is 0.761. The van der Waals surface area contributed by atoms with E-state index < -0.39 is 0 Å². The highest BCUT2D eigenvalue weighted by atomic mass is 35.5. The van der Waals surface area contributed by atoms with Crippen LogP contribution in [0.4, 0.5) is 0 Å². The molecule has 1 aliphatic rings. The number of hydrogen-bond acceptors (Lipinski definition) is 2. The van der Waals surface area contributed by atoms with Crippen molar-refractivity contribution in [1.82, 2.24) is 0 Å². The number of esters is 1. The van der Waals surface area contributed by atoms with E-state index in [0.29, 0.717) is 5.02 Å². The number of benzene rings is 2. The van der Waals surface area contributed by atoms with Crippen LogP contribution >= 0.6 is 11.6 Å². The van der Waals surface area contributed by atoms with E-state index in [2.05, 4.69) is 0 Å². The third kappa shape index (κ3) is 2.96. The maximum atomic E-state index is 12.4. The Hall–Kier alpha value is -1.80. The van der Waals surface area contributed by atoms with Crippen LogP contribution in [0, 0.1) is 0 Å². The maximum absolute atomic E-state index is 12.4. The van der Waals surface area contributed by atoms with Crippen LogP contribution in [0.3, 0.4) is 0 Å². The van der Waals surface area contributed by atoms with Gasteiger partial charge in [-0.25, -0.2) is 0 Å². The summed E-state index contributed by atoms with van der Waals surface area (Å²) in [7, 11) is 0. The van der Waals surface area contributed by atoms with Crippen molar-refractivity contribution in [3.05, 3.63) is 70.7 Å². The lowest BCUT2D eigenvalue weighted by Crippen LogP contribution is -2.34. The second-order valence-corrected chi connectivity index (χ2v) is 5.97. The van der Waals surface area contributed by atoms with Crippen LogP contribution in [0.5, 0.6) is 0 Å². The molecule has 3 atom stereocenters. The van der Waals surface area contributed by atoms with Gasteiger partial charge in [-0.05, 0) is 36.6 Å². The van der Waals surface area contributed by atoms with Crippen molar-refractivity contribution in [2.24, 2.45) is 0 Å². The number of rotatable bonds is 2. The lowest BCUT2D eigenvalue weighted by molar-refractivity contribution is -0.156. The van der Waals surface area contributed by atoms with E-state index in [-0.39, 0.29) is 23.9 Å². The second kappa shape index (κ2) is 5.90. The summed E-state index contributed by atoms with van der Waals surface area (Å²) in [6, 6.07) is 17.6. The van der Waals surface area contributed by atoms with E-state index in [9.17, 15) is 4.79 Å². The number of hydrogen-bond donors (Lipinski definition) is 0. The summed E-state index contributed by atoms with van der Waals surface area (Å²) < 4.78 is 5.46. The molecule has 1 aliphatic heterocycles. The summed E-state index contributed by atoms with van der Waals surface area (Å²) in [4.78, 5) is 12.4. The molecule has 0 N–H and O–H groups in total. The smallest absolute Gasteiger partial charge is 0.314 e. The first-order chi connectivity index (χ1) is 10.1. The van der Waals surface area contributed by atoms with E-state index in [4.69, 9.17) is 16.3 Å². The van der Waals surface area contributed by atoms with Gasteiger partial charge in [0.1, 0.15) is 0 Å². The molecule has 2 aromatic carbocycles. The highest BCUT2D eigenvalue weighted by Crippen LogP contribution is 2.41. The molecule has 0 aromatic heterocycles. The van der Waals surface area contributed by atoms with Crippen molar-refractivity contribution in [1.29, 1.82) is 0 Å². The van der Waals surface area contributed by atoms with Crippen molar-refractivity contribution >= 4 is 17.6 Å². The van der Waals surface area contributed by atoms with Crippen LogP contribution in [-0.4, -0.2) is 12.1 Å². The van der Waals surface area contributed by atoms with Gasteiger partial charge >= 0.3 is 5.97 Å². The Kier molecular flexibility index (Phi) is 3.98. The highest BCUT2D eigenvalue weighted by molar-refractivity contribution is 6.30. The average Bonchev–Trinajstić information content (AvgIpc) is 2.48. The molecule has 2 aromatic rings. The molecular formula is C18H17ClO2. The van der Waals surface area contributed by atoms with Crippen molar-refractivity contribution in [3.8, 4) is 0 Å². The topological polar surface area (TPSA) is 26.3 Å². The van der Waals surface area contributed by atoms with Crippen LogP contribution in [0.1, 0.15) is 36.3 Å². The van der Waals surface area contributed by atoms with E-state index in [1.54, 1.807) is 0 Å². The minimum atomic E-state index is -0.247. The zero-order valence-electron chi connectivity index (χ0n) is 11.8. The zero-order valence-corrected chi connectivity index (χ0v) is 12.6. The van der Waals surface area contributed by atoms with Gasteiger partial charge in [-0.15, -0.1) is 0 Å². The Morgan fingerprint density at radius 2 is 1.67 bits per heavy atom. The second-order valence-electron chi connectivity index (χ2n) is 5.53. The largest absolute Gasteiger partial charge is 0.462 e. The molecule has 0 amide bonds. The lowest BCUT2D eigenvalue weighted by atomic mass is 9.77. The highest BCUT2D eigenvalue weighted by Gasteiger charge is 2.38. The minimum Gasteiger partial charge on any atom is -0.462 e. The third-order valence-electron chi connectivity index (χ3n) is 4.02. The summed E-state index contributed by atoms with van der Waals surface area (Å²) >= 11 is 5.97. The summed E-state index contributed by atoms with van der Waals surface area (Å²) in [6.45, 7) is 1.95. The van der Waals surface area contributed by atoms with Gasteiger partial charge in [0.15, 0.2) is 0 Å². The van der Waals surface area contributed by atoms with Gasteiger partial charge in [-0.3, -0.25) is 4.79 Å². The average molecular weight is 301 g/mol. The molecule has 1 heterocycles. The summed E-state index contributed by atoms with van der Waals surface area (Å²) in [6.07, 6.45) is 0.769. The molecule has 0 unspecified atom stereocenters. The molecule has 0 radical (unpaired) electrons. The third-order valence-corrected chi connectivity index (χ3v) is 4.27. The fourth-order valence-corrected chi connectivity index (χ4v) is 3.17. The van der Waals surface area contributed by atoms with Gasteiger partial charge in [0, 0.05) is 10.9 Å². The van der Waals surface area contributed by atoms with E-state index in [1.165, 1.54) is 0 Å². The van der Waals surface area contributed by atoms with Crippen LogP contribution < -0.4 is 0 Å². The predicted molar refractivity (Wildman–Crippen MR) is 83.5 cm³/mol. The van der Waals surface area contributed by atoms with E-state index >= 15 is 0 Å². The lowest BCUT2D eigenvalue weighted by Gasteiger charge is -2.34. The Labute approximate surface area is 129 Å². The van der Waals surface area contributed by atoms with Gasteiger partial charge in [0.05, 0.1) is 12.0 Å². The van der Waals surface area contributed by atoms with E-state index in [1.807, 2.05) is 61.5 Å². The van der Waals surface area contributed by atoms with E-state index in [0.717, 1.165) is 17.5 Å². The molecule has 0 bridgehead atoms. The number of halogens is 1. The summed E-state index contributed by atoms with van der Waals surface area (Å²) in [5.41, 5.74) is 2.14. The number of carbonyl (C=O) groups is 1. The fraction of sp³-hybridized carbons (Fsp3) is 0.278. The van der Waals surface area contributed by atoms with Crippen LogP contribution in [-0.2, 0) is 9.53 Å². The van der Waals surface area contributed by atoms with Gasteiger partial charge in [0.25, 0.3) is 0 Å². The standard InChI is InChI=1S/C18H17ClO2/c1-12-11-16(13-7-9-15(19)10-8-13)17(18(20)21-12)14-5-3-2-4-6-14/h2-10,12,16-17H,11H2,1H3/t12-,16-,17+/m1/s1. The normalized spacial score (nSPS) is 25.4. The summed E-state index contributed by atoms with van der Waals surface area (Å²) in [5, 5.41) is 0.710. The summed E-state index contributed by atoms with van der Waals surface area (Å²) in [5.74, 6) is -0.260. The Bertz CT molecular complexity index is 621. The van der Waals surface area contributed by atoms with Gasteiger partial charge in [0.2, 0.25) is 0 Å². The minimum absolute atomic E-state index is 0.0573. The van der Waals surface area contributed by atoms with Crippen LogP contribution in [0.25, 0.3) is 0 Å². The van der Waals surface area contributed by atoms with Gasteiger partial charge < -0.3 is 4.74 Å². The zero-order chi connectivity index (χ0) is 14.8. The monoisotopic (exact) mass is 300 g/mol. The molecule has 1 fully saturated rings. The SMILES string of the molecule is C[C@@H]1C[C@H](c2ccc(Cl)cc2)[C@H](c2ccccc2)C(=O)O1. The molecule has 1 saturated heterocycles. The molecule has 0 spiro atoms. The molecule has 0 aliphatic carbocycles. The first-order valence-corrected chi connectivity index (χ1v) is 7.54. The molecule has 108 valence electrons. The van der Waals surface area contributed by atoms with Gasteiger partial charge in [-0.1, -0.05) is 54.1 Å². The number of ether oxygens (including phenoxy) is 1. The van der Waals surface area contributed by atoms with Gasteiger partial charge in [-0.2, -0.15) is 0 Å². The Morgan fingerprint density at radius 3 is 2.33 bits per heavy atom. The van der Waals surface area contributed by atoms with Crippen molar-refractivity contribution in [3.63, 3.8) is 0 Å². The van der Waals surface area contributed by atoms with Crippen molar-refractivity contribution < 1.29 is 9.53 Å².